The molecule has 0 saturated heterocycles. The minimum absolute atomic E-state index is 0.141. The quantitative estimate of drug-likeness (QED) is 0.302. The number of fused-ring (bicyclic) bond motifs is 1. The van der Waals surface area contributed by atoms with E-state index in [2.05, 4.69) is 46.2 Å². The van der Waals surface area contributed by atoms with Gasteiger partial charge in [-0.3, -0.25) is 4.79 Å². The largest absolute Gasteiger partial charge is 0.355 e. The van der Waals surface area contributed by atoms with Crippen molar-refractivity contribution in [2.75, 3.05) is 29.5 Å². The van der Waals surface area contributed by atoms with Crippen molar-refractivity contribution in [2.24, 2.45) is 0 Å². The van der Waals surface area contributed by atoms with Crippen molar-refractivity contribution in [1.82, 2.24) is 44.6 Å². The number of hydrogen-bond donors (Lipinski definition) is 3. The highest BCUT2D eigenvalue weighted by Crippen LogP contribution is 2.21. The van der Waals surface area contributed by atoms with E-state index < -0.39 is 0 Å². The van der Waals surface area contributed by atoms with Gasteiger partial charge in [0.2, 0.25) is 17.8 Å². The molecule has 0 saturated carbocycles. The van der Waals surface area contributed by atoms with Crippen molar-refractivity contribution >= 4 is 35.3 Å². The molecule has 0 radical (unpaired) electrons. The molecule has 0 fully saturated rings. The third-order valence-corrected chi connectivity index (χ3v) is 5.24. The molecule has 0 unspecified atom stereocenters. The van der Waals surface area contributed by atoms with Gasteiger partial charge in [-0.25, -0.2) is 14.1 Å². The first kappa shape index (κ1) is 21.5. The molecule has 0 aliphatic heterocycles. The lowest BCUT2D eigenvalue weighted by molar-refractivity contribution is -0.118. The molecule has 0 spiro atoms. The summed E-state index contributed by atoms with van der Waals surface area (Å²) in [6.45, 7) is 5.64. The third kappa shape index (κ3) is 4.77. The normalized spacial score (nSPS) is 10.9. The third-order valence-electron chi connectivity index (χ3n) is 4.31. The standard InChI is InChI=1S/C19H23N11OS/c1-3-20-16-25-17(21-4-2)30-18(26-16)27-28-19(30)32-12-14(31)23-11-13-7-5-8-22-15(13)29-10-6-9-24-29/h5-10H,3-4,11-12H2,1-2H3,(H,23,31)(H2,20,21,25,26,27). The number of nitrogens with one attached hydrogen (secondary N) is 3. The van der Waals surface area contributed by atoms with E-state index in [1.165, 1.54) is 11.8 Å². The predicted molar refractivity (Wildman–Crippen MR) is 121 cm³/mol. The van der Waals surface area contributed by atoms with Crippen LogP contribution in [-0.4, -0.2) is 64.1 Å². The van der Waals surface area contributed by atoms with Gasteiger partial charge in [-0.05, 0) is 26.0 Å². The van der Waals surface area contributed by atoms with Crippen LogP contribution >= 0.6 is 11.8 Å². The van der Waals surface area contributed by atoms with Crippen LogP contribution in [0, 0.1) is 0 Å². The number of nitrogens with zero attached hydrogens (tertiary/aromatic N) is 8. The van der Waals surface area contributed by atoms with Crippen molar-refractivity contribution < 1.29 is 4.79 Å². The molecule has 0 aliphatic carbocycles. The Labute approximate surface area is 188 Å². The van der Waals surface area contributed by atoms with E-state index in [1.54, 1.807) is 21.5 Å². The zero-order chi connectivity index (χ0) is 22.3. The van der Waals surface area contributed by atoms with Crippen LogP contribution in [-0.2, 0) is 11.3 Å². The summed E-state index contributed by atoms with van der Waals surface area (Å²) < 4.78 is 3.38. The first-order valence-corrected chi connectivity index (χ1v) is 11.1. The molecule has 0 aromatic carbocycles. The van der Waals surface area contributed by atoms with Gasteiger partial charge in [-0.2, -0.15) is 15.1 Å². The lowest BCUT2D eigenvalue weighted by atomic mass is 10.2. The summed E-state index contributed by atoms with van der Waals surface area (Å²) in [4.78, 5) is 25.7. The maximum atomic E-state index is 12.5. The van der Waals surface area contributed by atoms with Crippen LogP contribution in [0.4, 0.5) is 11.9 Å². The molecule has 1 amide bonds. The van der Waals surface area contributed by atoms with Gasteiger partial charge in [0.25, 0.3) is 5.78 Å². The topological polar surface area (TPSA) is 140 Å². The molecule has 13 heteroatoms. The number of amides is 1. The highest BCUT2D eigenvalue weighted by atomic mass is 32.2. The summed E-state index contributed by atoms with van der Waals surface area (Å²) in [6.07, 6.45) is 5.19. The Morgan fingerprint density at radius 1 is 1.09 bits per heavy atom. The highest BCUT2D eigenvalue weighted by Gasteiger charge is 2.16. The van der Waals surface area contributed by atoms with E-state index in [0.29, 0.717) is 48.3 Å². The van der Waals surface area contributed by atoms with Crippen molar-refractivity contribution in [3.05, 3.63) is 42.4 Å². The molecule has 32 heavy (non-hydrogen) atoms. The van der Waals surface area contributed by atoms with Crippen LogP contribution in [0.3, 0.4) is 0 Å². The number of hydrogen-bond acceptors (Lipinski definition) is 10. The number of carbonyl (C=O) groups is 1. The summed E-state index contributed by atoms with van der Waals surface area (Å²) in [5.41, 5.74) is 0.862. The van der Waals surface area contributed by atoms with E-state index in [-0.39, 0.29) is 11.7 Å². The second kappa shape index (κ2) is 10.0. The number of anilines is 2. The van der Waals surface area contributed by atoms with E-state index in [4.69, 9.17) is 0 Å². The predicted octanol–water partition coefficient (Wildman–Crippen LogP) is 1.37. The second-order valence-corrected chi connectivity index (χ2v) is 7.49. The Hall–Kier alpha value is -3.74. The van der Waals surface area contributed by atoms with E-state index in [0.717, 1.165) is 5.56 Å². The first-order chi connectivity index (χ1) is 15.7. The molecule has 166 valence electrons. The minimum atomic E-state index is -0.141. The molecule has 0 aliphatic rings. The number of thioether (sulfide) groups is 1. The van der Waals surface area contributed by atoms with Crippen LogP contribution in [0.15, 0.2) is 41.9 Å². The summed E-state index contributed by atoms with van der Waals surface area (Å²) in [6, 6.07) is 5.56. The van der Waals surface area contributed by atoms with Crippen LogP contribution in [0.5, 0.6) is 0 Å². The Balaban J connectivity index is 1.43. The fourth-order valence-electron chi connectivity index (χ4n) is 2.94. The molecular weight excluding hydrogens is 430 g/mol. The molecular formula is C19H23N11OS. The van der Waals surface area contributed by atoms with Crippen molar-refractivity contribution in [2.45, 2.75) is 25.5 Å². The molecule has 4 aromatic heterocycles. The lowest BCUT2D eigenvalue weighted by Crippen LogP contribution is -2.25. The molecule has 0 atom stereocenters. The molecule has 4 aromatic rings. The van der Waals surface area contributed by atoms with Gasteiger partial charge in [0, 0.05) is 43.8 Å². The molecule has 0 bridgehead atoms. The molecule has 4 heterocycles. The second-order valence-electron chi connectivity index (χ2n) is 6.55. The average molecular weight is 454 g/mol. The Morgan fingerprint density at radius 2 is 1.97 bits per heavy atom. The number of pyridine rings is 1. The Bertz CT molecular complexity index is 1190. The van der Waals surface area contributed by atoms with Crippen LogP contribution in [0.25, 0.3) is 11.6 Å². The number of rotatable bonds is 10. The number of aromatic nitrogens is 8. The van der Waals surface area contributed by atoms with Crippen LogP contribution in [0.2, 0.25) is 0 Å². The van der Waals surface area contributed by atoms with E-state index >= 15 is 0 Å². The van der Waals surface area contributed by atoms with E-state index in [9.17, 15) is 4.79 Å². The summed E-state index contributed by atoms with van der Waals surface area (Å²) in [5.74, 6) is 2.16. The lowest BCUT2D eigenvalue weighted by Gasteiger charge is -2.10. The van der Waals surface area contributed by atoms with Crippen LogP contribution < -0.4 is 16.0 Å². The SMILES string of the molecule is CCNc1nc(NCC)n2c(SCC(=O)NCc3cccnc3-n3cccn3)nnc2n1. The maximum absolute atomic E-state index is 12.5. The Kier molecular flexibility index (Phi) is 6.75. The fraction of sp³-hybridized carbons (Fsp3) is 0.316. The zero-order valence-corrected chi connectivity index (χ0v) is 18.5. The van der Waals surface area contributed by atoms with Gasteiger partial charge < -0.3 is 16.0 Å². The maximum Gasteiger partial charge on any atom is 0.261 e. The molecule has 12 nitrogen and oxygen atoms in total. The number of carbonyl (C=O) groups excluding carboxylic acids is 1. The van der Waals surface area contributed by atoms with E-state index in [1.807, 2.05) is 38.2 Å². The zero-order valence-electron chi connectivity index (χ0n) is 17.7. The fourth-order valence-corrected chi connectivity index (χ4v) is 3.70. The summed E-state index contributed by atoms with van der Waals surface area (Å²) >= 11 is 1.26. The highest BCUT2D eigenvalue weighted by molar-refractivity contribution is 7.99. The van der Waals surface area contributed by atoms with Gasteiger partial charge >= 0.3 is 0 Å². The van der Waals surface area contributed by atoms with Crippen molar-refractivity contribution in [3.63, 3.8) is 0 Å². The van der Waals surface area contributed by atoms with Gasteiger partial charge in [0.1, 0.15) is 0 Å². The van der Waals surface area contributed by atoms with Crippen LogP contribution in [0.1, 0.15) is 19.4 Å². The monoisotopic (exact) mass is 453 g/mol. The summed E-state index contributed by atoms with van der Waals surface area (Å²) in [7, 11) is 0. The first-order valence-electron chi connectivity index (χ1n) is 10.1. The van der Waals surface area contributed by atoms with Crippen molar-refractivity contribution in [3.8, 4) is 5.82 Å². The minimum Gasteiger partial charge on any atom is -0.355 e. The van der Waals surface area contributed by atoms with Gasteiger partial charge in [0.05, 0.1) is 5.75 Å². The Morgan fingerprint density at radius 3 is 2.75 bits per heavy atom. The average Bonchev–Trinajstić information content (AvgIpc) is 3.47. The van der Waals surface area contributed by atoms with Gasteiger partial charge in [-0.1, -0.05) is 17.8 Å². The van der Waals surface area contributed by atoms with Gasteiger partial charge in [0.15, 0.2) is 11.0 Å². The molecule has 3 N–H and O–H groups in total. The van der Waals surface area contributed by atoms with Gasteiger partial charge in [-0.15, -0.1) is 10.2 Å². The summed E-state index contributed by atoms with van der Waals surface area (Å²) in [5, 5.41) is 22.2. The van der Waals surface area contributed by atoms with Crippen molar-refractivity contribution in [1.29, 1.82) is 0 Å². The molecule has 4 rings (SSSR count). The smallest absolute Gasteiger partial charge is 0.261 e.